The summed E-state index contributed by atoms with van der Waals surface area (Å²) >= 11 is 0. The number of nitriles is 1. The summed E-state index contributed by atoms with van der Waals surface area (Å²) in [6.45, 7) is 6.15. The van der Waals surface area contributed by atoms with Crippen LogP contribution in [0.25, 0.3) is 27.8 Å². The zero-order valence-corrected chi connectivity index (χ0v) is 16.9. The lowest BCUT2D eigenvalue weighted by Crippen LogP contribution is -2.24. The number of hydrogen-bond donors (Lipinski definition) is 0. The molecule has 3 aromatic heterocycles. The fourth-order valence-electron chi connectivity index (χ4n) is 3.75. The average Bonchev–Trinajstić information content (AvgIpc) is 3.27. The Kier molecular flexibility index (Phi) is 4.30. The molecule has 6 heteroatoms. The van der Waals surface area contributed by atoms with Crippen LogP contribution >= 0.6 is 0 Å². The summed E-state index contributed by atoms with van der Waals surface area (Å²) in [4.78, 5) is 4.41. The summed E-state index contributed by atoms with van der Waals surface area (Å²) in [6, 6.07) is 23.4. The maximum Gasteiger partial charge on any atom is 0.177 e. The molecule has 3 heterocycles. The molecule has 5 aromatic rings. The molecule has 0 N–H and O–H groups in total. The third-order valence-corrected chi connectivity index (χ3v) is 5.63. The van der Waals surface area contributed by atoms with E-state index in [0.29, 0.717) is 17.0 Å². The first-order valence-corrected chi connectivity index (χ1v) is 9.85. The number of pyridine rings is 1. The minimum atomic E-state index is -0.621. The minimum absolute atomic E-state index is 0.587. The van der Waals surface area contributed by atoms with E-state index in [0.717, 1.165) is 27.7 Å². The lowest BCUT2D eigenvalue weighted by molar-refractivity contribution is 0.631. The Bertz CT molecular complexity index is 1490. The topological polar surface area (TPSA) is 79.8 Å². The molecule has 0 fully saturated rings. The Hall–Kier alpha value is -4.37. The molecule has 0 amide bonds. The molecule has 1 atom stereocenters. The molecule has 0 aliphatic rings. The largest absolute Gasteiger partial charge is 0.256 e. The Morgan fingerprint density at radius 3 is 2.77 bits per heavy atom. The van der Waals surface area contributed by atoms with Crippen molar-refractivity contribution in [2.24, 2.45) is 0 Å². The molecule has 0 saturated carbocycles. The van der Waals surface area contributed by atoms with Crippen molar-refractivity contribution >= 4 is 16.6 Å². The Balaban J connectivity index is 1.68. The van der Waals surface area contributed by atoms with Crippen molar-refractivity contribution in [2.45, 2.75) is 12.3 Å². The smallest absolute Gasteiger partial charge is 0.177 e. The number of fused-ring (bicyclic) bond motifs is 2. The van der Waals surface area contributed by atoms with E-state index in [-0.39, 0.29) is 0 Å². The van der Waals surface area contributed by atoms with Crippen molar-refractivity contribution in [1.29, 1.82) is 5.26 Å². The second-order valence-electron chi connectivity index (χ2n) is 7.52. The maximum atomic E-state index is 9.22. The Morgan fingerprint density at radius 2 is 1.94 bits per heavy atom. The van der Waals surface area contributed by atoms with Crippen LogP contribution in [0.2, 0.25) is 0 Å². The van der Waals surface area contributed by atoms with E-state index in [9.17, 15) is 5.26 Å². The van der Waals surface area contributed by atoms with Crippen LogP contribution in [-0.4, -0.2) is 24.8 Å². The molecule has 31 heavy (non-hydrogen) atoms. The van der Waals surface area contributed by atoms with Crippen LogP contribution in [0.15, 0.2) is 85.6 Å². The SMILES string of the molecule is C=C[C@@](C)(c1ccc2ncccc2c1)c1nnc2ccc(-c3cccc(C#N)c3)nn12. The highest BCUT2D eigenvalue weighted by Crippen LogP contribution is 2.34. The molecule has 6 nitrogen and oxygen atoms in total. The number of aromatic nitrogens is 5. The molecule has 0 aliphatic heterocycles. The van der Waals surface area contributed by atoms with Gasteiger partial charge < -0.3 is 0 Å². The summed E-state index contributed by atoms with van der Waals surface area (Å²) in [5, 5.41) is 23.9. The van der Waals surface area contributed by atoms with E-state index in [1.165, 1.54) is 0 Å². The van der Waals surface area contributed by atoms with Gasteiger partial charge in [-0.05, 0) is 55.0 Å². The molecule has 2 aromatic carbocycles. The number of hydrogen-bond acceptors (Lipinski definition) is 5. The summed E-state index contributed by atoms with van der Waals surface area (Å²) < 4.78 is 1.75. The highest BCUT2D eigenvalue weighted by Gasteiger charge is 2.32. The fraction of sp³-hybridized carbons (Fsp3) is 0.0800. The van der Waals surface area contributed by atoms with Crippen LogP contribution in [0.4, 0.5) is 0 Å². The number of benzene rings is 2. The van der Waals surface area contributed by atoms with Crippen molar-refractivity contribution in [1.82, 2.24) is 24.8 Å². The molecular formula is C25H18N6. The molecule has 0 spiro atoms. The quantitative estimate of drug-likeness (QED) is 0.407. The van der Waals surface area contributed by atoms with Crippen molar-refractivity contribution in [3.05, 3.63) is 103 Å². The monoisotopic (exact) mass is 402 g/mol. The zero-order valence-electron chi connectivity index (χ0n) is 16.9. The van der Waals surface area contributed by atoms with Gasteiger partial charge in [-0.15, -0.1) is 16.8 Å². The number of allylic oxidation sites excluding steroid dienone is 1. The van der Waals surface area contributed by atoms with Crippen molar-refractivity contribution in [2.75, 3.05) is 0 Å². The highest BCUT2D eigenvalue weighted by molar-refractivity contribution is 5.79. The predicted octanol–water partition coefficient (Wildman–Crippen LogP) is 4.70. The van der Waals surface area contributed by atoms with E-state index in [2.05, 4.69) is 40.8 Å². The molecule has 148 valence electrons. The number of rotatable bonds is 4. The second kappa shape index (κ2) is 7.15. The van der Waals surface area contributed by atoms with E-state index in [1.54, 1.807) is 16.8 Å². The van der Waals surface area contributed by atoms with Gasteiger partial charge in [0.25, 0.3) is 0 Å². The first-order valence-electron chi connectivity index (χ1n) is 9.85. The van der Waals surface area contributed by atoms with Gasteiger partial charge in [0, 0.05) is 17.1 Å². The van der Waals surface area contributed by atoms with E-state index in [4.69, 9.17) is 5.10 Å². The minimum Gasteiger partial charge on any atom is -0.256 e. The third-order valence-electron chi connectivity index (χ3n) is 5.63. The molecule has 5 rings (SSSR count). The van der Waals surface area contributed by atoms with Crippen LogP contribution in [0.3, 0.4) is 0 Å². The van der Waals surface area contributed by atoms with Crippen LogP contribution in [0, 0.1) is 11.3 Å². The van der Waals surface area contributed by atoms with E-state index in [1.807, 2.05) is 60.7 Å². The highest BCUT2D eigenvalue weighted by atomic mass is 15.4. The summed E-state index contributed by atoms with van der Waals surface area (Å²) in [5.41, 5.74) is 4.16. The molecule has 0 radical (unpaired) electrons. The molecule has 0 aliphatic carbocycles. The second-order valence-corrected chi connectivity index (χ2v) is 7.52. The molecule has 0 saturated heterocycles. The van der Waals surface area contributed by atoms with E-state index < -0.39 is 5.41 Å². The van der Waals surface area contributed by atoms with Gasteiger partial charge in [-0.2, -0.15) is 14.9 Å². The fourth-order valence-corrected chi connectivity index (χ4v) is 3.75. The lowest BCUT2D eigenvalue weighted by atomic mass is 9.81. The maximum absolute atomic E-state index is 9.22. The normalized spacial score (nSPS) is 13.0. The van der Waals surface area contributed by atoms with Crippen molar-refractivity contribution < 1.29 is 0 Å². The van der Waals surface area contributed by atoms with Gasteiger partial charge in [-0.1, -0.05) is 30.3 Å². The van der Waals surface area contributed by atoms with Gasteiger partial charge in [-0.3, -0.25) is 4.98 Å². The van der Waals surface area contributed by atoms with Gasteiger partial charge >= 0.3 is 0 Å². The van der Waals surface area contributed by atoms with Crippen molar-refractivity contribution in [3.8, 4) is 17.3 Å². The zero-order chi connectivity index (χ0) is 21.4. The number of nitrogens with zero attached hydrogens (tertiary/aromatic N) is 6. The van der Waals surface area contributed by atoms with Crippen LogP contribution in [-0.2, 0) is 5.41 Å². The standard InChI is InChI=1S/C25H18N6/c1-3-25(2,20-9-10-21-19(15-20)8-5-13-27-21)24-29-28-23-12-11-22(30-31(23)24)18-7-4-6-17(14-18)16-26/h3-15H,1H2,2H3/t25-/m0/s1. The van der Waals surface area contributed by atoms with Gasteiger partial charge in [0.15, 0.2) is 11.5 Å². The predicted molar refractivity (Wildman–Crippen MR) is 119 cm³/mol. The average molecular weight is 402 g/mol. The molecular weight excluding hydrogens is 384 g/mol. The molecule has 0 unspecified atom stereocenters. The van der Waals surface area contributed by atoms with Crippen LogP contribution in [0.1, 0.15) is 23.9 Å². The van der Waals surface area contributed by atoms with Crippen LogP contribution in [0.5, 0.6) is 0 Å². The lowest BCUT2D eigenvalue weighted by Gasteiger charge is -2.24. The summed E-state index contributed by atoms with van der Waals surface area (Å²) in [7, 11) is 0. The van der Waals surface area contributed by atoms with Crippen molar-refractivity contribution in [3.63, 3.8) is 0 Å². The van der Waals surface area contributed by atoms with Crippen LogP contribution < -0.4 is 0 Å². The van der Waals surface area contributed by atoms with E-state index >= 15 is 0 Å². The summed E-state index contributed by atoms with van der Waals surface area (Å²) in [5.74, 6) is 0.666. The Morgan fingerprint density at radius 1 is 1.03 bits per heavy atom. The summed E-state index contributed by atoms with van der Waals surface area (Å²) in [6.07, 6.45) is 3.65. The Labute approximate surface area is 179 Å². The molecule has 0 bridgehead atoms. The van der Waals surface area contributed by atoms with Gasteiger partial charge in [0.2, 0.25) is 0 Å². The van der Waals surface area contributed by atoms with Gasteiger partial charge in [0.05, 0.1) is 28.3 Å². The van der Waals surface area contributed by atoms with Gasteiger partial charge in [-0.25, -0.2) is 0 Å². The van der Waals surface area contributed by atoms with Gasteiger partial charge in [0.1, 0.15) is 0 Å². The first kappa shape index (κ1) is 18.6. The first-order chi connectivity index (χ1) is 15.1. The third kappa shape index (κ3) is 3.04.